The van der Waals surface area contributed by atoms with Crippen molar-refractivity contribution in [1.82, 2.24) is 0 Å². The average Bonchev–Trinajstić information content (AvgIpc) is 2.28. The molecular formula is C13H16ClIN2. The van der Waals surface area contributed by atoms with E-state index in [0.29, 0.717) is 6.42 Å². The van der Waals surface area contributed by atoms with Gasteiger partial charge in [0.05, 0.1) is 16.8 Å². The van der Waals surface area contributed by atoms with Crippen LogP contribution in [0.25, 0.3) is 0 Å². The predicted octanol–water partition coefficient (Wildman–Crippen LogP) is 4.69. The Balaban J connectivity index is 2.61. The lowest BCUT2D eigenvalue weighted by Crippen LogP contribution is -2.23. The fourth-order valence-electron chi connectivity index (χ4n) is 1.45. The van der Waals surface area contributed by atoms with Gasteiger partial charge < -0.3 is 5.32 Å². The zero-order valence-electron chi connectivity index (χ0n) is 10.1. The molecule has 92 valence electrons. The van der Waals surface area contributed by atoms with Crippen LogP contribution < -0.4 is 5.32 Å². The first-order chi connectivity index (χ1) is 7.94. The molecule has 0 fully saturated rings. The number of rotatable bonds is 5. The lowest BCUT2D eigenvalue weighted by Gasteiger charge is -2.24. The highest BCUT2D eigenvalue weighted by Gasteiger charge is 2.17. The smallest absolute Gasteiger partial charge is 0.0638 e. The van der Waals surface area contributed by atoms with Gasteiger partial charge in [-0.1, -0.05) is 25.4 Å². The minimum Gasteiger partial charge on any atom is -0.383 e. The Kier molecular flexibility index (Phi) is 5.54. The van der Waals surface area contributed by atoms with E-state index < -0.39 is 0 Å². The second-order valence-electron chi connectivity index (χ2n) is 4.80. The van der Waals surface area contributed by atoms with Crippen molar-refractivity contribution in [3.63, 3.8) is 0 Å². The van der Waals surface area contributed by atoms with Crippen LogP contribution >= 0.6 is 34.2 Å². The maximum absolute atomic E-state index is 8.60. The molecule has 0 aliphatic carbocycles. The molecule has 0 aliphatic rings. The van der Waals surface area contributed by atoms with Gasteiger partial charge in [0.2, 0.25) is 0 Å². The lowest BCUT2D eigenvalue weighted by molar-refractivity contribution is 0.364. The molecule has 1 aromatic rings. The number of nitrogens with one attached hydrogen (secondary N) is 1. The van der Waals surface area contributed by atoms with Crippen molar-refractivity contribution in [2.75, 3.05) is 11.9 Å². The number of nitriles is 1. The Labute approximate surface area is 121 Å². The second kappa shape index (κ2) is 6.46. The summed E-state index contributed by atoms with van der Waals surface area (Å²) in [5.41, 5.74) is 1.06. The summed E-state index contributed by atoms with van der Waals surface area (Å²) in [6.07, 6.45) is 1.48. The molecule has 0 aliphatic heterocycles. The van der Waals surface area contributed by atoms with Crippen molar-refractivity contribution < 1.29 is 0 Å². The normalized spacial score (nSPS) is 11.0. The van der Waals surface area contributed by atoms with Gasteiger partial charge in [-0.05, 0) is 52.6 Å². The summed E-state index contributed by atoms with van der Waals surface area (Å²) < 4.78 is 1.16. The first-order valence-electron chi connectivity index (χ1n) is 5.50. The number of anilines is 1. The van der Waals surface area contributed by atoms with Crippen LogP contribution in [0.2, 0.25) is 5.02 Å². The zero-order valence-corrected chi connectivity index (χ0v) is 13.0. The van der Waals surface area contributed by atoms with Crippen molar-refractivity contribution in [3.8, 4) is 6.07 Å². The number of halogens is 2. The zero-order chi connectivity index (χ0) is 12.9. The van der Waals surface area contributed by atoms with Crippen molar-refractivity contribution in [3.05, 3.63) is 26.8 Å². The fraction of sp³-hybridized carbons (Fsp3) is 0.462. The SMILES string of the molecule is CC(C)(CCC#N)CNc1cc(I)ccc1Cl. The van der Waals surface area contributed by atoms with Crippen LogP contribution in [-0.2, 0) is 0 Å². The molecule has 2 nitrogen and oxygen atoms in total. The van der Waals surface area contributed by atoms with Crippen molar-refractivity contribution in [2.45, 2.75) is 26.7 Å². The monoisotopic (exact) mass is 362 g/mol. The standard InChI is InChI=1S/C13H16ClIN2/c1-13(2,6-3-7-16)9-17-12-8-10(15)4-5-11(12)14/h4-5,8,17H,3,6,9H2,1-2H3. The van der Waals surface area contributed by atoms with Crippen LogP contribution in [-0.4, -0.2) is 6.54 Å². The predicted molar refractivity (Wildman–Crippen MR) is 81.3 cm³/mol. The molecule has 0 radical (unpaired) electrons. The van der Waals surface area contributed by atoms with Crippen molar-refractivity contribution in [1.29, 1.82) is 5.26 Å². The van der Waals surface area contributed by atoms with Crippen LogP contribution in [0.3, 0.4) is 0 Å². The third kappa shape index (κ3) is 5.13. The average molecular weight is 363 g/mol. The van der Waals surface area contributed by atoms with E-state index in [9.17, 15) is 0 Å². The van der Waals surface area contributed by atoms with Gasteiger partial charge >= 0.3 is 0 Å². The van der Waals surface area contributed by atoms with Crippen molar-refractivity contribution in [2.24, 2.45) is 5.41 Å². The van der Waals surface area contributed by atoms with Gasteiger partial charge in [0.25, 0.3) is 0 Å². The molecule has 0 bridgehead atoms. The molecule has 17 heavy (non-hydrogen) atoms. The summed E-state index contributed by atoms with van der Waals surface area (Å²) in [6.45, 7) is 5.12. The topological polar surface area (TPSA) is 35.8 Å². The third-order valence-electron chi connectivity index (χ3n) is 2.60. The van der Waals surface area contributed by atoms with E-state index in [1.165, 1.54) is 0 Å². The Morgan fingerprint density at radius 2 is 2.18 bits per heavy atom. The first-order valence-corrected chi connectivity index (χ1v) is 6.96. The van der Waals surface area contributed by atoms with Gasteiger partial charge in [0.1, 0.15) is 0 Å². The third-order valence-corrected chi connectivity index (χ3v) is 3.60. The molecular weight excluding hydrogens is 347 g/mol. The van der Waals surface area contributed by atoms with Gasteiger partial charge in [-0.25, -0.2) is 0 Å². The number of hydrogen-bond donors (Lipinski definition) is 1. The van der Waals surface area contributed by atoms with Crippen LogP contribution in [0.1, 0.15) is 26.7 Å². The quantitative estimate of drug-likeness (QED) is 0.772. The minimum absolute atomic E-state index is 0.0976. The van der Waals surface area contributed by atoms with E-state index in [4.69, 9.17) is 16.9 Å². The summed E-state index contributed by atoms with van der Waals surface area (Å²) in [4.78, 5) is 0. The number of hydrogen-bond acceptors (Lipinski definition) is 2. The van der Waals surface area contributed by atoms with Gasteiger partial charge in [0.15, 0.2) is 0 Å². The van der Waals surface area contributed by atoms with Gasteiger partial charge in [-0.2, -0.15) is 5.26 Å². The van der Waals surface area contributed by atoms with E-state index in [1.807, 2.05) is 18.2 Å². The van der Waals surface area contributed by atoms with E-state index in [1.54, 1.807) is 0 Å². The van der Waals surface area contributed by atoms with Crippen LogP contribution in [0.4, 0.5) is 5.69 Å². The Hall–Kier alpha value is -0.470. The van der Waals surface area contributed by atoms with E-state index >= 15 is 0 Å². The second-order valence-corrected chi connectivity index (χ2v) is 6.45. The Morgan fingerprint density at radius 1 is 1.47 bits per heavy atom. The van der Waals surface area contributed by atoms with Gasteiger partial charge in [-0.15, -0.1) is 0 Å². The van der Waals surface area contributed by atoms with Gasteiger partial charge in [0, 0.05) is 16.5 Å². The van der Waals surface area contributed by atoms with Crippen LogP contribution in [0.5, 0.6) is 0 Å². The molecule has 1 rings (SSSR count). The summed E-state index contributed by atoms with van der Waals surface area (Å²) in [7, 11) is 0. The molecule has 4 heteroatoms. The first kappa shape index (κ1) is 14.6. The maximum Gasteiger partial charge on any atom is 0.0638 e. The molecule has 0 saturated heterocycles. The summed E-state index contributed by atoms with van der Waals surface area (Å²) >= 11 is 8.37. The Morgan fingerprint density at radius 3 is 2.82 bits per heavy atom. The molecule has 0 saturated carbocycles. The summed E-state index contributed by atoms with van der Waals surface area (Å²) in [5.74, 6) is 0. The van der Waals surface area contributed by atoms with E-state index in [-0.39, 0.29) is 5.41 Å². The molecule has 1 aromatic carbocycles. The molecule has 0 atom stereocenters. The number of nitrogens with zero attached hydrogens (tertiary/aromatic N) is 1. The Bertz CT molecular complexity index is 424. The molecule has 0 spiro atoms. The largest absolute Gasteiger partial charge is 0.383 e. The summed E-state index contributed by atoms with van der Waals surface area (Å²) in [5, 5.41) is 12.7. The molecule has 0 aromatic heterocycles. The highest BCUT2D eigenvalue weighted by atomic mass is 127. The van der Waals surface area contributed by atoms with E-state index in [2.05, 4.69) is 47.8 Å². The minimum atomic E-state index is 0.0976. The van der Waals surface area contributed by atoms with Crippen LogP contribution in [0.15, 0.2) is 18.2 Å². The highest BCUT2D eigenvalue weighted by molar-refractivity contribution is 14.1. The van der Waals surface area contributed by atoms with Crippen LogP contribution in [0, 0.1) is 20.3 Å². The molecule has 0 unspecified atom stereocenters. The highest BCUT2D eigenvalue weighted by Crippen LogP contribution is 2.27. The van der Waals surface area contributed by atoms with Gasteiger partial charge in [-0.3, -0.25) is 0 Å². The lowest BCUT2D eigenvalue weighted by atomic mass is 9.88. The van der Waals surface area contributed by atoms with E-state index in [0.717, 1.165) is 27.2 Å². The molecule has 1 N–H and O–H groups in total. The molecule has 0 heterocycles. The maximum atomic E-state index is 8.60. The van der Waals surface area contributed by atoms with Crippen molar-refractivity contribution >= 4 is 39.9 Å². The molecule has 0 amide bonds. The fourth-order valence-corrected chi connectivity index (χ4v) is 2.13. The number of benzene rings is 1. The summed E-state index contributed by atoms with van der Waals surface area (Å²) in [6, 6.07) is 8.10.